The molecule has 3 aromatic rings. The molecule has 6 nitrogen and oxygen atoms in total. The van der Waals surface area contributed by atoms with Crippen LogP contribution in [0.3, 0.4) is 0 Å². The van der Waals surface area contributed by atoms with Gasteiger partial charge >= 0.3 is 0 Å². The van der Waals surface area contributed by atoms with Crippen molar-refractivity contribution in [3.63, 3.8) is 0 Å². The molecule has 0 heterocycles. The lowest BCUT2D eigenvalue weighted by molar-refractivity contribution is -0.119. The molecule has 3 aromatic carbocycles. The van der Waals surface area contributed by atoms with Gasteiger partial charge in [-0.05, 0) is 66.5 Å². The van der Waals surface area contributed by atoms with E-state index in [9.17, 15) is 13.2 Å². The van der Waals surface area contributed by atoms with Crippen molar-refractivity contribution in [3.05, 3.63) is 95.0 Å². The Morgan fingerprint density at radius 1 is 0.879 bits per heavy atom. The van der Waals surface area contributed by atoms with Crippen LogP contribution in [0.4, 0.5) is 5.69 Å². The number of sulfonamides is 1. The predicted octanol–water partition coefficient (Wildman–Crippen LogP) is 4.31. The van der Waals surface area contributed by atoms with Crippen molar-refractivity contribution < 1.29 is 13.2 Å². The Labute approximate surface area is 204 Å². The fourth-order valence-electron chi connectivity index (χ4n) is 3.08. The van der Waals surface area contributed by atoms with Crippen LogP contribution < -0.4 is 15.4 Å². The van der Waals surface area contributed by atoms with Gasteiger partial charge in [0.25, 0.3) is 0 Å². The number of hydrogen-bond donors (Lipinski definition) is 3. The highest BCUT2D eigenvalue weighted by molar-refractivity contribution is 7.89. The number of thiocarbonyl (C=S) groups is 1. The molecule has 9 heteroatoms. The van der Waals surface area contributed by atoms with Gasteiger partial charge in [0, 0.05) is 23.7 Å². The molecule has 0 saturated heterocycles. The molecule has 0 spiro atoms. The first-order chi connectivity index (χ1) is 15.8. The summed E-state index contributed by atoms with van der Waals surface area (Å²) in [5.74, 6) is -0.241. The van der Waals surface area contributed by atoms with Crippen molar-refractivity contribution >= 4 is 50.5 Å². The minimum Gasteiger partial charge on any atom is -0.332 e. The molecule has 33 heavy (non-hydrogen) atoms. The van der Waals surface area contributed by atoms with Crippen LogP contribution in [0.25, 0.3) is 0 Å². The molecule has 0 bridgehead atoms. The Kier molecular flexibility index (Phi) is 8.96. The van der Waals surface area contributed by atoms with Crippen LogP contribution in [-0.2, 0) is 27.7 Å². The molecule has 0 unspecified atom stereocenters. The zero-order chi connectivity index (χ0) is 23.7. The van der Waals surface area contributed by atoms with Crippen molar-refractivity contribution in [1.29, 1.82) is 0 Å². The molecule has 0 fully saturated rings. The third-order valence-corrected chi connectivity index (χ3v) is 6.85. The number of amides is 1. The second kappa shape index (κ2) is 11.9. The molecule has 0 aliphatic heterocycles. The average molecular weight is 502 g/mol. The zero-order valence-corrected chi connectivity index (χ0v) is 20.1. The van der Waals surface area contributed by atoms with Crippen LogP contribution in [0.1, 0.15) is 17.5 Å². The molecule has 0 aliphatic rings. The second-order valence-corrected chi connectivity index (χ2v) is 9.83. The maximum absolute atomic E-state index is 12.5. The minimum atomic E-state index is -3.62. The van der Waals surface area contributed by atoms with E-state index in [1.54, 1.807) is 18.2 Å². The molecule has 3 rings (SSSR count). The quantitative estimate of drug-likeness (QED) is 0.380. The largest absolute Gasteiger partial charge is 0.332 e. The normalized spacial score (nSPS) is 11.1. The molecule has 172 valence electrons. The Bertz CT molecular complexity index is 1200. The Morgan fingerprint density at radius 2 is 1.55 bits per heavy atom. The van der Waals surface area contributed by atoms with Gasteiger partial charge < -0.3 is 10.6 Å². The minimum absolute atomic E-state index is 0.135. The van der Waals surface area contributed by atoms with Crippen molar-refractivity contribution in [2.45, 2.75) is 24.2 Å². The van der Waals surface area contributed by atoms with E-state index in [4.69, 9.17) is 23.8 Å². The summed E-state index contributed by atoms with van der Waals surface area (Å²) >= 11 is 11.3. The van der Waals surface area contributed by atoms with Crippen LogP contribution in [-0.4, -0.2) is 26.0 Å². The Hall–Kier alpha value is -2.78. The number of hydrogen-bond acceptors (Lipinski definition) is 4. The average Bonchev–Trinajstić information content (AvgIpc) is 2.79. The highest BCUT2D eigenvalue weighted by atomic mass is 35.5. The van der Waals surface area contributed by atoms with Gasteiger partial charge in [-0.1, -0.05) is 60.1 Å². The van der Waals surface area contributed by atoms with E-state index in [1.807, 2.05) is 48.5 Å². The van der Waals surface area contributed by atoms with Crippen molar-refractivity contribution in [2.24, 2.45) is 0 Å². The number of halogens is 1. The van der Waals surface area contributed by atoms with Crippen molar-refractivity contribution in [1.82, 2.24) is 10.0 Å². The lowest BCUT2D eigenvalue weighted by Gasteiger charge is -2.11. The smallest absolute Gasteiger partial charge is 0.240 e. The van der Waals surface area contributed by atoms with Gasteiger partial charge in [-0.2, -0.15) is 0 Å². The number of anilines is 1. The maximum Gasteiger partial charge on any atom is 0.240 e. The van der Waals surface area contributed by atoms with Gasteiger partial charge in [0.15, 0.2) is 5.11 Å². The van der Waals surface area contributed by atoms with Gasteiger partial charge in [0.05, 0.1) is 4.90 Å². The summed E-state index contributed by atoms with van der Waals surface area (Å²) in [5.41, 5.74) is 2.51. The summed E-state index contributed by atoms with van der Waals surface area (Å²) in [4.78, 5) is 12.3. The molecule has 0 aromatic heterocycles. The van der Waals surface area contributed by atoms with E-state index >= 15 is 0 Å². The SMILES string of the molecule is O=C(CCc1ccccc1Cl)NC(=S)Nc1ccc(S(=O)(=O)NCCc2ccccc2)cc1. The van der Waals surface area contributed by atoms with E-state index < -0.39 is 10.0 Å². The maximum atomic E-state index is 12.5. The topological polar surface area (TPSA) is 87.3 Å². The summed E-state index contributed by atoms with van der Waals surface area (Å²) in [6.45, 7) is 0.302. The van der Waals surface area contributed by atoms with E-state index in [0.29, 0.717) is 30.1 Å². The third-order valence-electron chi connectivity index (χ3n) is 4.80. The van der Waals surface area contributed by atoms with Crippen LogP contribution >= 0.6 is 23.8 Å². The second-order valence-electron chi connectivity index (χ2n) is 7.25. The summed E-state index contributed by atoms with van der Waals surface area (Å²) in [5, 5.41) is 6.25. The molecular formula is C24H24ClN3O3S2. The third kappa shape index (κ3) is 7.94. The van der Waals surface area contributed by atoms with E-state index in [2.05, 4.69) is 15.4 Å². The van der Waals surface area contributed by atoms with Crippen LogP contribution in [0.2, 0.25) is 5.02 Å². The van der Waals surface area contributed by atoms with E-state index in [0.717, 1.165) is 11.1 Å². The lowest BCUT2D eigenvalue weighted by Crippen LogP contribution is -2.34. The summed E-state index contributed by atoms with van der Waals surface area (Å²) in [7, 11) is -3.62. The van der Waals surface area contributed by atoms with Gasteiger partial charge in [0.1, 0.15) is 0 Å². The lowest BCUT2D eigenvalue weighted by atomic mass is 10.1. The number of carbonyl (C=O) groups excluding carboxylic acids is 1. The fraction of sp³-hybridized carbons (Fsp3) is 0.167. The van der Waals surface area contributed by atoms with Crippen LogP contribution in [0.5, 0.6) is 0 Å². The Morgan fingerprint density at radius 3 is 2.24 bits per heavy atom. The number of rotatable bonds is 9. The molecule has 0 aliphatic carbocycles. The Balaban J connectivity index is 1.46. The first-order valence-electron chi connectivity index (χ1n) is 10.3. The number of nitrogens with one attached hydrogen (secondary N) is 3. The highest BCUT2D eigenvalue weighted by Crippen LogP contribution is 2.17. The van der Waals surface area contributed by atoms with Crippen molar-refractivity contribution in [2.75, 3.05) is 11.9 Å². The van der Waals surface area contributed by atoms with Crippen LogP contribution in [0, 0.1) is 0 Å². The number of carbonyl (C=O) groups is 1. The first kappa shape index (κ1) is 24.9. The summed E-state index contributed by atoms with van der Waals surface area (Å²) in [6.07, 6.45) is 1.33. The zero-order valence-electron chi connectivity index (χ0n) is 17.8. The first-order valence-corrected chi connectivity index (χ1v) is 12.6. The van der Waals surface area contributed by atoms with E-state index in [-0.39, 0.29) is 22.3 Å². The van der Waals surface area contributed by atoms with Crippen LogP contribution in [0.15, 0.2) is 83.8 Å². The van der Waals surface area contributed by atoms with Crippen molar-refractivity contribution in [3.8, 4) is 0 Å². The predicted molar refractivity (Wildman–Crippen MR) is 136 cm³/mol. The summed E-state index contributed by atoms with van der Waals surface area (Å²) < 4.78 is 27.6. The van der Waals surface area contributed by atoms with Gasteiger partial charge in [-0.3, -0.25) is 4.79 Å². The molecule has 1 amide bonds. The molecule has 0 saturated carbocycles. The van der Waals surface area contributed by atoms with Gasteiger partial charge in [-0.15, -0.1) is 0 Å². The van der Waals surface area contributed by atoms with Gasteiger partial charge in [-0.25, -0.2) is 13.1 Å². The van der Waals surface area contributed by atoms with Gasteiger partial charge in [0.2, 0.25) is 15.9 Å². The molecule has 3 N–H and O–H groups in total. The highest BCUT2D eigenvalue weighted by Gasteiger charge is 2.13. The van der Waals surface area contributed by atoms with E-state index in [1.165, 1.54) is 12.1 Å². The number of benzene rings is 3. The summed E-state index contributed by atoms with van der Waals surface area (Å²) in [6, 6.07) is 23.2. The monoisotopic (exact) mass is 501 g/mol. The molecular weight excluding hydrogens is 478 g/mol. The fourth-order valence-corrected chi connectivity index (χ4v) is 4.57. The molecule has 0 radical (unpaired) electrons. The number of aryl methyl sites for hydroxylation is 1. The standard InChI is InChI=1S/C24H24ClN3O3S2/c25-22-9-5-4-8-19(22)10-15-23(29)28-24(32)27-20-11-13-21(14-12-20)33(30,31)26-17-16-18-6-2-1-3-7-18/h1-9,11-14,26H,10,15-17H2,(H2,27,28,29,32). The molecule has 0 atom stereocenters.